The number of aliphatic hydroxyl groups excluding tert-OH is 1. The summed E-state index contributed by atoms with van der Waals surface area (Å²) in [5, 5.41) is 21.7. The summed E-state index contributed by atoms with van der Waals surface area (Å²) in [7, 11) is 0. The van der Waals surface area contributed by atoms with Gasteiger partial charge in [0.1, 0.15) is 5.78 Å². The molecule has 0 aromatic heterocycles. The Morgan fingerprint density at radius 1 is 1.17 bits per heavy atom. The molecular formula is C17H16ClNO4. The summed E-state index contributed by atoms with van der Waals surface area (Å²) in [6, 6.07) is 12.7. The third-order valence-electron chi connectivity index (χ3n) is 3.72. The minimum absolute atomic E-state index is 0.00799. The molecule has 0 aliphatic heterocycles. The van der Waals surface area contributed by atoms with Gasteiger partial charge in [-0.05, 0) is 36.6 Å². The number of benzene rings is 2. The first-order valence-electron chi connectivity index (χ1n) is 7.06. The minimum Gasteiger partial charge on any atom is -0.388 e. The number of Topliss-reactive ketones (excluding diaryl/α,β-unsaturated/α-hetero) is 1. The molecule has 0 aliphatic carbocycles. The zero-order valence-corrected chi connectivity index (χ0v) is 13.2. The highest BCUT2D eigenvalue weighted by molar-refractivity contribution is 6.30. The number of carbonyl (C=O) groups is 1. The van der Waals surface area contributed by atoms with Crippen LogP contribution in [0.25, 0.3) is 0 Å². The number of non-ortho nitro benzene ring substituents is 1. The van der Waals surface area contributed by atoms with Crippen LogP contribution in [0.4, 0.5) is 5.69 Å². The SMILES string of the molecule is CC(=O)C(Cc1ccc([N+](=O)[O-])cc1)C(O)c1ccc(Cl)cc1. The number of nitrogens with zero attached hydrogens (tertiary/aromatic N) is 1. The molecule has 2 aromatic rings. The molecule has 6 heteroatoms. The molecule has 0 radical (unpaired) electrons. The maximum atomic E-state index is 11.9. The lowest BCUT2D eigenvalue weighted by Gasteiger charge is -2.21. The van der Waals surface area contributed by atoms with Crippen molar-refractivity contribution < 1.29 is 14.8 Å². The van der Waals surface area contributed by atoms with Gasteiger partial charge in [0, 0.05) is 17.2 Å². The average Bonchev–Trinajstić information content (AvgIpc) is 2.53. The first kappa shape index (κ1) is 17.1. The summed E-state index contributed by atoms with van der Waals surface area (Å²) in [5.74, 6) is -0.775. The molecule has 120 valence electrons. The summed E-state index contributed by atoms with van der Waals surface area (Å²) >= 11 is 5.83. The third kappa shape index (κ3) is 4.37. The Morgan fingerprint density at radius 3 is 2.22 bits per heavy atom. The second kappa shape index (κ2) is 7.35. The second-order valence-electron chi connectivity index (χ2n) is 5.34. The predicted molar refractivity (Wildman–Crippen MR) is 87.4 cm³/mol. The van der Waals surface area contributed by atoms with Crippen molar-refractivity contribution in [3.05, 3.63) is 74.8 Å². The predicted octanol–water partition coefficient (Wildman–Crippen LogP) is 3.73. The lowest BCUT2D eigenvalue weighted by atomic mass is 9.87. The molecule has 2 rings (SSSR count). The second-order valence-corrected chi connectivity index (χ2v) is 5.78. The number of nitro benzene ring substituents is 1. The van der Waals surface area contributed by atoms with Crippen LogP contribution in [-0.4, -0.2) is 15.8 Å². The van der Waals surface area contributed by atoms with Crippen molar-refractivity contribution in [2.75, 3.05) is 0 Å². The Hall–Kier alpha value is -2.24. The average molecular weight is 334 g/mol. The van der Waals surface area contributed by atoms with Crippen molar-refractivity contribution in [3.8, 4) is 0 Å². The zero-order chi connectivity index (χ0) is 17.0. The van der Waals surface area contributed by atoms with Crippen LogP contribution < -0.4 is 0 Å². The molecule has 1 N–H and O–H groups in total. The van der Waals surface area contributed by atoms with Gasteiger partial charge in [0.15, 0.2) is 0 Å². The van der Waals surface area contributed by atoms with Crippen molar-refractivity contribution in [2.24, 2.45) is 5.92 Å². The number of ketones is 1. The van der Waals surface area contributed by atoms with Crippen molar-refractivity contribution >= 4 is 23.1 Å². The van der Waals surface area contributed by atoms with E-state index in [9.17, 15) is 20.0 Å². The quantitative estimate of drug-likeness (QED) is 0.645. The number of halogens is 1. The van der Waals surface area contributed by atoms with Gasteiger partial charge in [0.05, 0.1) is 16.9 Å². The minimum atomic E-state index is -0.958. The Kier molecular flexibility index (Phi) is 5.47. The van der Waals surface area contributed by atoms with Gasteiger partial charge in [-0.2, -0.15) is 0 Å². The van der Waals surface area contributed by atoms with Crippen molar-refractivity contribution in [2.45, 2.75) is 19.4 Å². The molecule has 0 amide bonds. The monoisotopic (exact) mass is 333 g/mol. The molecule has 5 nitrogen and oxygen atoms in total. The molecule has 0 aliphatic rings. The number of rotatable bonds is 6. The van der Waals surface area contributed by atoms with Gasteiger partial charge in [-0.25, -0.2) is 0 Å². The van der Waals surface area contributed by atoms with Crippen molar-refractivity contribution in [1.82, 2.24) is 0 Å². The molecule has 0 saturated carbocycles. The van der Waals surface area contributed by atoms with Crippen molar-refractivity contribution in [1.29, 1.82) is 0 Å². The fraction of sp³-hybridized carbons (Fsp3) is 0.235. The molecular weight excluding hydrogens is 318 g/mol. The number of aliphatic hydroxyl groups is 1. The summed E-state index contributed by atoms with van der Waals surface area (Å²) in [4.78, 5) is 22.1. The van der Waals surface area contributed by atoms with E-state index in [0.29, 0.717) is 17.0 Å². The maximum absolute atomic E-state index is 11.9. The Morgan fingerprint density at radius 2 is 1.74 bits per heavy atom. The van der Waals surface area contributed by atoms with Crippen LogP contribution in [0.5, 0.6) is 0 Å². The molecule has 0 fully saturated rings. The highest BCUT2D eigenvalue weighted by Gasteiger charge is 2.25. The largest absolute Gasteiger partial charge is 0.388 e. The summed E-state index contributed by atoms with van der Waals surface area (Å²) in [6.07, 6.45) is -0.656. The van der Waals surface area contributed by atoms with E-state index in [1.165, 1.54) is 19.1 Å². The molecule has 0 heterocycles. The first-order chi connectivity index (χ1) is 10.9. The Labute approximate surface area is 138 Å². The van der Waals surface area contributed by atoms with Gasteiger partial charge < -0.3 is 5.11 Å². The van der Waals surface area contributed by atoms with Crippen LogP contribution in [0, 0.1) is 16.0 Å². The fourth-order valence-corrected chi connectivity index (χ4v) is 2.50. The first-order valence-corrected chi connectivity index (χ1v) is 7.43. The zero-order valence-electron chi connectivity index (χ0n) is 12.5. The van der Waals surface area contributed by atoms with Gasteiger partial charge >= 0.3 is 0 Å². The molecule has 23 heavy (non-hydrogen) atoms. The van der Waals surface area contributed by atoms with E-state index in [1.54, 1.807) is 36.4 Å². The van der Waals surface area contributed by atoms with Gasteiger partial charge in [0.2, 0.25) is 0 Å². The highest BCUT2D eigenvalue weighted by atomic mass is 35.5. The number of carbonyl (C=O) groups excluding carboxylic acids is 1. The van der Waals surface area contributed by atoms with Crippen LogP contribution >= 0.6 is 11.6 Å². The van der Waals surface area contributed by atoms with E-state index in [0.717, 1.165) is 5.56 Å². The molecule has 2 unspecified atom stereocenters. The lowest BCUT2D eigenvalue weighted by Crippen LogP contribution is -2.22. The number of hydrogen-bond donors (Lipinski definition) is 1. The van der Waals surface area contributed by atoms with E-state index in [-0.39, 0.29) is 11.5 Å². The highest BCUT2D eigenvalue weighted by Crippen LogP contribution is 2.27. The third-order valence-corrected chi connectivity index (χ3v) is 3.97. The standard InChI is InChI=1S/C17H16ClNO4/c1-11(20)16(17(21)13-4-6-14(18)7-5-13)10-12-2-8-15(9-3-12)19(22)23/h2-9,16-17,21H,10H2,1H3. The maximum Gasteiger partial charge on any atom is 0.269 e. The van der Waals surface area contributed by atoms with E-state index in [2.05, 4.69) is 0 Å². The molecule has 0 spiro atoms. The normalized spacial score (nSPS) is 13.3. The smallest absolute Gasteiger partial charge is 0.269 e. The van der Waals surface area contributed by atoms with E-state index in [1.807, 2.05) is 0 Å². The van der Waals surface area contributed by atoms with Gasteiger partial charge in [0.25, 0.3) is 5.69 Å². The molecule has 0 bridgehead atoms. The van der Waals surface area contributed by atoms with Crippen LogP contribution in [-0.2, 0) is 11.2 Å². The lowest BCUT2D eigenvalue weighted by molar-refractivity contribution is -0.384. The van der Waals surface area contributed by atoms with E-state index >= 15 is 0 Å². The van der Waals surface area contributed by atoms with Gasteiger partial charge in [-0.15, -0.1) is 0 Å². The summed E-state index contributed by atoms with van der Waals surface area (Å²) in [5.41, 5.74) is 1.35. The molecule has 2 aromatic carbocycles. The number of hydrogen-bond acceptors (Lipinski definition) is 4. The van der Waals surface area contributed by atoms with Crippen LogP contribution in [0.1, 0.15) is 24.2 Å². The molecule has 2 atom stereocenters. The topological polar surface area (TPSA) is 80.4 Å². The van der Waals surface area contributed by atoms with Gasteiger partial charge in [-0.3, -0.25) is 14.9 Å². The van der Waals surface area contributed by atoms with Crippen LogP contribution in [0.3, 0.4) is 0 Å². The van der Waals surface area contributed by atoms with E-state index < -0.39 is 16.9 Å². The Bertz CT molecular complexity index is 698. The number of nitro groups is 1. The van der Waals surface area contributed by atoms with E-state index in [4.69, 9.17) is 11.6 Å². The fourth-order valence-electron chi connectivity index (χ4n) is 2.38. The molecule has 0 saturated heterocycles. The van der Waals surface area contributed by atoms with Crippen LogP contribution in [0.15, 0.2) is 48.5 Å². The summed E-state index contributed by atoms with van der Waals surface area (Å²) in [6.45, 7) is 1.43. The van der Waals surface area contributed by atoms with Gasteiger partial charge in [-0.1, -0.05) is 35.9 Å². The summed E-state index contributed by atoms with van der Waals surface area (Å²) < 4.78 is 0. The Balaban J connectivity index is 2.19. The van der Waals surface area contributed by atoms with Crippen molar-refractivity contribution in [3.63, 3.8) is 0 Å². The van der Waals surface area contributed by atoms with Crippen LogP contribution in [0.2, 0.25) is 5.02 Å².